The number of hydrogen-bond donors (Lipinski definition) is 1. The summed E-state index contributed by atoms with van der Waals surface area (Å²) < 4.78 is 0. The minimum atomic E-state index is 0.0582. The van der Waals surface area contributed by atoms with E-state index in [9.17, 15) is 0 Å². The third-order valence-corrected chi connectivity index (χ3v) is 4.05. The molecule has 1 aromatic heterocycles. The lowest BCUT2D eigenvalue weighted by atomic mass is 10.1. The van der Waals surface area contributed by atoms with Crippen molar-refractivity contribution in [1.29, 1.82) is 0 Å². The van der Waals surface area contributed by atoms with Crippen LogP contribution in [-0.4, -0.2) is 43.6 Å². The highest BCUT2D eigenvalue weighted by Gasteiger charge is 2.21. The molecule has 0 saturated carbocycles. The average Bonchev–Trinajstić information content (AvgIpc) is 2.83. The third kappa shape index (κ3) is 3.67. The van der Waals surface area contributed by atoms with Gasteiger partial charge in [-0.1, -0.05) is 6.92 Å². The first-order valence-electron chi connectivity index (χ1n) is 7.21. The Balaban J connectivity index is 1.93. The van der Waals surface area contributed by atoms with Crippen molar-refractivity contribution in [2.24, 2.45) is 11.7 Å². The van der Waals surface area contributed by atoms with E-state index in [0.717, 1.165) is 24.6 Å². The zero-order chi connectivity index (χ0) is 13.8. The van der Waals surface area contributed by atoms with Gasteiger partial charge in [0.15, 0.2) is 0 Å². The summed E-state index contributed by atoms with van der Waals surface area (Å²) in [5.74, 6) is 0.771. The predicted molar refractivity (Wildman–Crippen MR) is 80.3 cm³/mol. The fourth-order valence-electron chi connectivity index (χ4n) is 2.72. The molecule has 4 heteroatoms. The van der Waals surface area contributed by atoms with Gasteiger partial charge in [-0.05, 0) is 44.5 Å². The molecule has 2 rings (SSSR count). The molecule has 2 unspecified atom stereocenters. The lowest BCUT2D eigenvalue weighted by Crippen LogP contribution is -2.27. The molecule has 0 aliphatic carbocycles. The Labute approximate surface area is 116 Å². The predicted octanol–water partition coefficient (Wildman–Crippen LogP) is 1.88. The van der Waals surface area contributed by atoms with Crippen LogP contribution < -0.4 is 10.6 Å². The van der Waals surface area contributed by atoms with Crippen molar-refractivity contribution in [2.45, 2.75) is 25.8 Å². The topological polar surface area (TPSA) is 45.4 Å². The van der Waals surface area contributed by atoms with E-state index in [4.69, 9.17) is 5.73 Å². The first-order valence-corrected chi connectivity index (χ1v) is 7.21. The van der Waals surface area contributed by atoms with Crippen LogP contribution in [0.2, 0.25) is 0 Å². The van der Waals surface area contributed by atoms with E-state index in [1.165, 1.54) is 25.2 Å². The number of rotatable bonds is 5. The number of hydrogen-bond acceptors (Lipinski definition) is 4. The van der Waals surface area contributed by atoms with Crippen molar-refractivity contribution in [3.63, 3.8) is 0 Å². The number of likely N-dealkylation sites (tertiary alicyclic amines) is 1. The highest BCUT2D eigenvalue weighted by molar-refractivity contribution is 5.44. The van der Waals surface area contributed by atoms with Gasteiger partial charge in [0.25, 0.3) is 0 Å². The first-order chi connectivity index (χ1) is 9.10. The van der Waals surface area contributed by atoms with E-state index in [1.807, 2.05) is 6.20 Å². The number of nitrogens with zero attached hydrogens (tertiary/aromatic N) is 3. The van der Waals surface area contributed by atoms with Gasteiger partial charge in [0.2, 0.25) is 0 Å². The van der Waals surface area contributed by atoms with Crippen molar-refractivity contribution < 1.29 is 0 Å². The lowest BCUT2D eigenvalue weighted by molar-refractivity contribution is 0.396. The monoisotopic (exact) mass is 262 g/mol. The van der Waals surface area contributed by atoms with Gasteiger partial charge >= 0.3 is 0 Å². The molecule has 0 radical (unpaired) electrons. The fourth-order valence-corrected chi connectivity index (χ4v) is 2.72. The van der Waals surface area contributed by atoms with Crippen molar-refractivity contribution >= 4 is 5.69 Å². The second-order valence-corrected chi connectivity index (χ2v) is 5.75. The van der Waals surface area contributed by atoms with Crippen LogP contribution in [0.5, 0.6) is 0 Å². The van der Waals surface area contributed by atoms with E-state index in [1.54, 1.807) is 0 Å². The van der Waals surface area contributed by atoms with Gasteiger partial charge < -0.3 is 15.5 Å². The summed E-state index contributed by atoms with van der Waals surface area (Å²) in [6.07, 6.45) is 4.17. The van der Waals surface area contributed by atoms with Crippen molar-refractivity contribution in [3.8, 4) is 0 Å². The van der Waals surface area contributed by atoms with E-state index < -0.39 is 0 Å². The fraction of sp³-hybridized carbons (Fsp3) is 0.667. The van der Waals surface area contributed by atoms with Crippen LogP contribution >= 0.6 is 0 Å². The van der Waals surface area contributed by atoms with Gasteiger partial charge in [0, 0.05) is 26.2 Å². The molecule has 1 fully saturated rings. The Morgan fingerprint density at radius 2 is 2.32 bits per heavy atom. The van der Waals surface area contributed by atoms with Crippen molar-refractivity contribution in [3.05, 3.63) is 24.0 Å². The Bertz CT molecular complexity index is 390. The van der Waals surface area contributed by atoms with E-state index in [0.29, 0.717) is 0 Å². The van der Waals surface area contributed by atoms with E-state index >= 15 is 0 Å². The van der Waals surface area contributed by atoms with Gasteiger partial charge in [0.1, 0.15) is 0 Å². The molecule has 106 valence electrons. The van der Waals surface area contributed by atoms with Crippen LogP contribution in [0.15, 0.2) is 18.3 Å². The quantitative estimate of drug-likeness (QED) is 0.880. The van der Waals surface area contributed by atoms with Crippen LogP contribution in [-0.2, 0) is 0 Å². The number of pyridine rings is 1. The molecule has 1 aliphatic heterocycles. The molecule has 2 heterocycles. The summed E-state index contributed by atoms with van der Waals surface area (Å²) in [4.78, 5) is 9.19. The molecular formula is C15H26N4. The maximum atomic E-state index is 5.99. The number of aromatic nitrogens is 1. The van der Waals surface area contributed by atoms with Crippen LogP contribution in [0.1, 0.15) is 31.5 Å². The van der Waals surface area contributed by atoms with E-state index in [-0.39, 0.29) is 6.04 Å². The minimum Gasteiger partial charge on any atom is -0.373 e. The SMILES string of the molecule is CCC(N)c1ccc(N(C)CC2CCN(C)C2)cn1. The zero-order valence-corrected chi connectivity index (χ0v) is 12.3. The normalized spacial score (nSPS) is 21.6. The maximum absolute atomic E-state index is 5.99. The third-order valence-electron chi connectivity index (χ3n) is 4.05. The molecule has 0 amide bonds. The minimum absolute atomic E-state index is 0.0582. The second kappa shape index (κ2) is 6.35. The smallest absolute Gasteiger partial charge is 0.0572 e. The Morgan fingerprint density at radius 1 is 1.53 bits per heavy atom. The Kier molecular flexibility index (Phi) is 4.77. The Hall–Kier alpha value is -1.13. The largest absolute Gasteiger partial charge is 0.373 e. The summed E-state index contributed by atoms with van der Waals surface area (Å²) in [6, 6.07) is 4.25. The molecule has 19 heavy (non-hydrogen) atoms. The molecule has 1 aliphatic rings. The second-order valence-electron chi connectivity index (χ2n) is 5.75. The first kappa shape index (κ1) is 14.3. The molecule has 0 bridgehead atoms. The van der Waals surface area contributed by atoms with Gasteiger partial charge in [-0.25, -0.2) is 0 Å². The number of anilines is 1. The highest BCUT2D eigenvalue weighted by Crippen LogP contribution is 2.20. The molecular weight excluding hydrogens is 236 g/mol. The molecule has 0 spiro atoms. The Morgan fingerprint density at radius 3 is 2.84 bits per heavy atom. The van der Waals surface area contributed by atoms with Crippen LogP contribution in [0.3, 0.4) is 0 Å². The van der Waals surface area contributed by atoms with Crippen molar-refractivity contribution in [2.75, 3.05) is 38.6 Å². The molecule has 0 aromatic carbocycles. The lowest BCUT2D eigenvalue weighted by Gasteiger charge is -2.23. The van der Waals surface area contributed by atoms with Gasteiger partial charge in [-0.3, -0.25) is 4.98 Å². The van der Waals surface area contributed by atoms with Gasteiger partial charge in [-0.15, -0.1) is 0 Å². The van der Waals surface area contributed by atoms with Crippen LogP contribution in [0, 0.1) is 5.92 Å². The zero-order valence-electron chi connectivity index (χ0n) is 12.3. The van der Waals surface area contributed by atoms with Crippen LogP contribution in [0.4, 0.5) is 5.69 Å². The van der Waals surface area contributed by atoms with Crippen molar-refractivity contribution in [1.82, 2.24) is 9.88 Å². The molecule has 4 nitrogen and oxygen atoms in total. The van der Waals surface area contributed by atoms with E-state index in [2.05, 4.69) is 47.9 Å². The van der Waals surface area contributed by atoms with Crippen LogP contribution in [0.25, 0.3) is 0 Å². The highest BCUT2D eigenvalue weighted by atomic mass is 15.2. The summed E-state index contributed by atoms with van der Waals surface area (Å²) in [6.45, 7) is 5.62. The maximum Gasteiger partial charge on any atom is 0.0572 e. The van der Waals surface area contributed by atoms with Gasteiger partial charge in [-0.2, -0.15) is 0 Å². The molecule has 1 aromatic rings. The average molecular weight is 262 g/mol. The summed E-state index contributed by atoms with van der Waals surface area (Å²) in [5, 5.41) is 0. The molecule has 1 saturated heterocycles. The van der Waals surface area contributed by atoms with Gasteiger partial charge in [0.05, 0.1) is 17.6 Å². The molecule has 2 atom stereocenters. The standard InChI is InChI=1S/C15H26N4/c1-4-14(16)15-6-5-13(9-17-15)19(3)11-12-7-8-18(2)10-12/h5-6,9,12,14H,4,7-8,10-11,16H2,1-3H3. The summed E-state index contributed by atoms with van der Waals surface area (Å²) in [5.41, 5.74) is 8.15. The summed E-state index contributed by atoms with van der Waals surface area (Å²) >= 11 is 0. The number of nitrogens with two attached hydrogens (primary N) is 1. The molecule has 2 N–H and O–H groups in total. The summed E-state index contributed by atoms with van der Waals surface area (Å²) in [7, 11) is 4.34.